The maximum atomic E-state index is 13.0. The van der Waals surface area contributed by atoms with Gasteiger partial charge in [-0.15, -0.1) is 0 Å². The minimum atomic E-state index is -0.166. The minimum absolute atomic E-state index is 0.166. The molecule has 28 heavy (non-hydrogen) atoms. The monoisotopic (exact) mass is 371 g/mol. The van der Waals surface area contributed by atoms with E-state index in [0.29, 0.717) is 23.8 Å². The molecule has 2 aromatic heterocycles. The molecule has 0 radical (unpaired) electrons. The maximum Gasteiger partial charge on any atom is 0.252 e. The van der Waals surface area contributed by atoms with Gasteiger partial charge in [-0.2, -0.15) is 0 Å². The van der Waals surface area contributed by atoms with Gasteiger partial charge >= 0.3 is 0 Å². The molecular formula is C23H21N3O2. The van der Waals surface area contributed by atoms with Crippen molar-refractivity contribution in [1.82, 2.24) is 15.3 Å². The van der Waals surface area contributed by atoms with Gasteiger partial charge in [0.25, 0.3) is 5.91 Å². The van der Waals surface area contributed by atoms with Gasteiger partial charge in [-0.1, -0.05) is 48.0 Å². The van der Waals surface area contributed by atoms with Crippen LogP contribution in [0.5, 0.6) is 0 Å². The maximum absolute atomic E-state index is 13.0. The Balaban J connectivity index is 1.71. The van der Waals surface area contributed by atoms with Gasteiger partial charge < -0.3 is 9.73 Å². The molecule has 2 aromatic carbocycles. The van der Waals surface area contributed by atoms with Crippen molar-refractivity contribution in [3.8, 4) is 11.3 Å². The first-order chi connectivity index (χ1) is 13.5. The number of aromatic nitrogens is 2. The van der Waals surface area contributed by atoms with Crippen molar-refractivity contribution < 1.29 is 9.21 Å². The first-order valence-electron chi connectivity index (χ1n) is 9.19. The van der Waals surface area contributed by atoms with Gasteiger partial charge in [0.05, 0.1) is 29.0 Å². The Bertz CT molecular complexity index is 1160. The molecule has 0 aliphatic heterocycles. The predicted octanol–water partition coefficient (Wildman–Crippen LogP) is 4.75. The van der Waals surface area contributed by atoms with Gasteiger partial charge in [0, 0.05) is 17.9 Å². The van der Waals surface area contributed by atoms with E-state index in [2.05, 4.69) is 10.3 Å². The molecule has 0 spiro atoms. The van der Waals surface area contributed by atoms with Crippen LogP contribution in [-0.4, -0.2) is 15.9 Å². The van der Waals surface area contributed by atoms with Crippen molar-refractivity contribution in [2.75, 3.05) is 0 Å². The standard InChI is InChI=1S/C23H21N3O2/c1-14-8-10-17(11-9-14)21-12-19(18-6-4-5-7-20(18)26-21)23(27)24-13-22-15(2)25-16(3)28-22/h4-12H,13H2,1-3H3,(H,24,27). The van der Waals surface area contributed by atoms with E-state index in [1.807, 2.05) is 68.4 Å². The number of benzene rings is 2. The lowest BCUT2D eigenvalue weighted by atomic mass is 10.0. The molecule has 1 amide bonds. The highest BCUT2D eigenvalue weighted by molar-refractivity contribution is 6.07. The summed E-state index contributed by atoms with van der Waals surface area (Å²) < 4.78 is 5.55. The van der Waals surface area contributed by atoms with Crippen LogP contribution in [0, 0.1) is 20.8 Å². The van der Waals surface area contributed by atoms with E-state index in [4.69, 9.17) is 9.40 Å². The number of amides is 1. The highest BCUT2D eigenvalue weighted by Gasteiger charge is 2.15. The first kappa shape index (κ1) is 17.9. The lowest BCUT2D eigenvalue weighted by molar-refractivity contribution is 0.0949. The van der Waals surface area contributed by atoms with E-state index in [-0.39, 0.29) is 5.91 Å². The Morgan fingerprint density at radius 1 is 1.00 bits per heavy atom. The van der Waals surface area contributed by atoms with Gasteiger partial charge in [-0.05, 0) is 26.0 Å². The highest BCUT2D eigenvalue weighted by atomic mass is 16.4. The van der Waals surface area contributed by atoms with Crippen LogP contribution in [0.15, 0.2) is 59.0 Å². The van der Waals surface area contributed by atoms with Crippen LogP contribution in [0.1, 0.15) is 33.3 Å². The molecule has 2 heterocycles. The number of para-hydroxylation sites is 1. The number of fused-ring (bicyclic) bond motifs is 1. The summed E-state index contributed by atoms with van der Waals surface area (Å²) in [4.78, 5) is 22.0. The fourth-order valence-corrected chi connectivity index (χ4v) is 3.23. The van der Waals surface area contributed by atoms with Crippen LogP contribution in [0.3, 0.4) is 0 Å². The molecule has 140 valence electrons. The normalized spacial score (nSPS) is 11.0. The summed E-state index contributed by atoms with van der Waals surface area (Å²) in [6.07, 6.45) is 0. The van der Waals surface area contributed by atoms with Crippen molar-refractivity contribution in [3.63, 3.8) is 0 Å². The van der Waals surface area contributed by atoms with E-state index in [0.717, 1.165) is 27.9 Å². The fourth-order valence-electron chi connectivity index (χ4n) is 3.23. The number of hydrogen-bond acceptors (Lipinski definition) is 4. The van der Waals surface area contributed by atoms with Crippen LogP contribution in [-0.2, 0) is 6.54 Å². The van der Waals surface area contributed by atoms with Crippen molar-refractivity contribution in [3.05, 3.63) is 83.1 Å². The Hall–Kier alpha value is -3.47. The molecule has 0 saturated heterocycles. The fraction of sp³-hybridized carbons (Fsp3) is 0.174. The molecule has 0 aliphatic carbocycles. The summed E-state index contributed by atoms with van der Waals surface area (Å²) >= 11 is 0. The molecule has 0 unspecified atom stereocenters. The molecule has 0 atom stereocenters. The Morgan fingerprint density at radius 3 is 2.46 bits per heavy atom. The van der Waals surface area contributed by atoms with Crippen LogP contribution >= 0.6 is 0 Å². The van der Waals surface area contributed by atoms with E-state index >= 15 is 0 Å². The molecule has 4 aromatic rings. The molecule has 5 nitrogen and oxygen atoms in total. The minimum Gasteiger partial charge on any atom is -0.444 e. The quantitative estimate of drug-likeness (QED) is 0.562. The van der Waals surface area contributed by atoms with E-state index in [1.165, 1.54) is 5.56 Å². The van der Waals surface area contributed by atoms with E-state index in [1.54, 1.807) is 6.92 Å². The average molecular weight is 371 g/mol. The topological polar surface area (TPSA) is 68.0 Å². The van der Waals surface area contributed by atoms with Crippen molar-refractivity contribution >= 4 is 16.8 Å². The Labute approximate surface area is 163 Å². The lowest BCUT2D eigenvalue weighted by Crippen LogP contribution is -2.23. The number of aryl methyl sites for hydroxylation is 3. The molecule has 0 bridgehead atoms. The Morgan fingerprint density at radius 2 is 1.75 bits per heavy atom. The van der Waals surface area contributed by atoms with Crippen LogP contribution in [0.2, 0.25) is 0 Å². The molecule has 0 saturated carbocycles. The predicted molar refractivity (Wildman–Crippen MR) is 109 cm³/mol. The van der Waals surface area contributed by atoms with Crippen molar-refractivity contribution in [1.29, 1.82) is 0 Å². The van der Waals surface area contributed by atoms with Crippen molar-refractivity contribution in [2.24, 2.45) is 0 Å². The summed E-state index contributed by atoms with van der Waals surface area (Å²) in [6, 6.07) is 17.7. The molecule has 0 aliphatic rings. The molecule has 1 N–H and O–H groups in total. The van der Waals surface area contributed by atoms with Gasteiger partial charge in [0.2, 0.25) is 0 Å². The summed E-state index contributed by atoms with van der Waals surface area (Å²) in [6.45, 7) is 6.00. The number of nitrogens with one attached hydrogen (secondary N) is 1. The Kier molecular flexibility index (Phi) is 4.65. The third-order valence-electron chi connectivity index (χ3n) is 4.72. The smallest absolute Gasteiger partial charge is 0.252 e. The molecule has 0 fully saturated rings. The number of carbonyl (C=O) groups is 1. The number of hydrogen-bond donors (Lipinski definition) is 1. The SMILES string of the molecule is Cc1ccc(-c2cc(C(=O)NCc3oc(C)nc3C)c3ccccc3n2)cc1. The van der Waals surface area contributed by atoms with E-state index in [9.17, 15) is 4.79 Å². The van der Waals surface area contributed by atoms with Crippen LogP contribution in [0.25, 0.3) is 22.2 Å². The zero-order chi connectivity index (χ0) is 19.7. The van der Waals surface area contributed by atoms with Crippen LogP contribution < -0.4 is 5.32 Å². The zero-order valence-corrected chi connectivity index (χ0v) is 16.1. The highest BCUT2D eigenvalue weighted by Crippen LogP contribution is 2.25. The van der Waals surface area contributed by atoms with Crippen molar-refractivity contribution in [2.45, 2.75) is 27.3 Å². The van der Waals surface area contributed by atoms with E-state index < -0.39 is 0 Å². The zero-order valence-electron chi connectivity index (χ0n) is 16.1. The third kappa shape index (κ3) is 3.51. The number of pyridine rings is 1. The summed E-state index contributed by atoms with van der Waals surface area (Å²) in [5, 5.41) is 3.77. The second-order valence-electron chi connectivity index (χ2n) is 6.86. The van der Waals surface area contributed by atoms with Gasteiger partial charge in [-0.25, -0.2) is 9.97 Å². The van der Waals surface area contributed by atoms with Gasteiger partial charge in [-0.3, -0.25) is 4.79 Å². The average Bonchev–Trinajstić information content (AvgIpc) is 3.03. The summed E-state index contributed by atoms with van der Waals surface area (Å²) in [5.41, 5.74) is 5.10. The van der Waals surface area contributed by atoms with Crippen LogP contribution in [0.4, 0.5) is 0 Å². The number of oxazole rings is 1. The first-order valence-corrected chi connectivity index (χ1v) is 9.19. The number of nitrogens with zero attached hydrogens (tertiary/aromatic N) is 2. The molecular weight excluding hydrogens is 350 g/mol. The molecule has 5 heteroatoms. The molecule has 4 rings (SSSR count). The number of carbonyl (C=O) groups excluding carboxylic acids is 1. The third-order valence-corrected chi connectivity index (χ3v) is 4.72. The summed E-state index contributed by atoms with van der Waals surface area (Å²) in [7, 11) is 0. The van der Waals surface area contributed by atoms with Gasteiger partial charge in [0.1, 0.15) is 5.76 Å². The summed E-state index contributed by atoms with van der Waals surface area (Å²) in [5.74, 6) is 1.10. The second-order valence-corrected chi connectivity index (χ2v) is 6.86. The second kappa shape index (κ2) is 7.27. The largest absolute Gasteiger partial charge is 0.444 e. The lowest BCUT2D eigenvalue weighted by Gasteiger charge is -2.10. The number of rotatable bonds is 4. The van der Waals surface area contributed by atoms with Gasteiger partial charge in [0.15, 0.2) is 5.89 Å².